The van der Waals surface area contributed by atoms with E-state index in [1.54, 1.807) is 18.3 Å². The van der Waals surface area contributed by atoms with Crippen molar-refractivity contribution < 1.29 is 9.90 Å². The van der Waals surface area contributed by atoms with E-state index in [-0.39, 0.29) is 0 Å². The number of pyridine rings is 1. The number of rotatable bonds is 5. The molecule has 0 aliphatic rings. The molecule has 4 heteroatoms. The number of benzene rings is 1. The van der Waals surface area contributed by atoms with Crippen LogP contribution in [0.25, 0.3) is 0 Å². The van der Waals surface area contributed by atoms with E-state index in [0.29, 0.717) is 12.1 Å². The molecule has 98 valence electrons. The van der Waals surface area contributed by atoms with Gasteiger partial charge in [0, 0.05) is 25.5 Å². The summed E-state index contributed by atoms with van der Waals surface area (Å²) in [6.07, 6.45) is 3.56. The molecule has 0 unspecified atom stereocenters. The van der Waals surface area contributed by atoms with Crippen LogP contribution in [-0.2, 0) is 13.1 Å². The van der Waals surface area contributed by atoms with E-state index in [4.69, 9.17) is 5.11 Å². The highest BCUT2D eigenvalue weighted by atomic mass is 16.4. The van der Waals surface area contributed by atoms with Crippen molar-refractivity contribution in [2.75, 3.05) is 7.05 Å². The third-order valence-electron chi connectivity index (χ3n) is 2.86. The van der Waals surface area contributed by atoms with E-state index in [2.05, 4.69) is 9.88 Å². The van der Waals surface area contributed by atoms with Crippen LogP contribution in [0.15, 0.2) is 48.8 Å². The van der Waals surface area contributed by atoms with Crippen molar-refractivity contribution >= 4 is 5.97 Å². The van der Waals surface area contributed by atoms with Crippen LogP contribution in [0.2, 0.25) is 0 Å². The highest BCUT2D eigenvalue weighted by molar-refractivity contribution is 5.89. The fourth-order valence-electron chi connectivity index (χ4n) is 2.02. The second-order valence-corrected chi connectivity index (χ2v) is 4.50. The van der Waals surface area contributed by atoms with Gasteiger partial charge in [0.25, 0.3) is 0 Å². The van der Waals surface area contributed by atoms with Crippen molar-refractivity contribution in [1.29, 1.82) is 0 Å². The maximum atomic E-state index is 11.1. The SMILES string of the molecule is CN(Cc1cccnc1)Cc1ccccc1C(=O)O. The summed E-state index contributed by atoms with van der Waals surface area (Å²) in [6.45, 7) is 1.33. The molecule has 1 heterocycles. The number of carbonyl (C=O) groups is 1. The molecule has 0 spiro atoms. The summed E-state index contributed by atoms with van der Waals surface area (Å²) in [6, 6.07) is 11.0. The first-order valence-electron chi connectivity index (χ1n) is 6.05. The van der Waals surface area contributed by atoms with Crippen molar-refractivity contribution in [3.05, 3.63) is 65.5 Å². The zero-order valence-electron chi connectivity index (χ0n) is 10.8. The molecule has 2 aromatic rings. The highest BCUT2D eigenvalue weighted by Crippen LogP contribution is 2.12. The van der Waals surface area contributed by atoms with Crippen LogP contribution >= 0.6 is 0 Å². The summed E-state index contributed by atoms with van der Waals surface area (Å²) in [4.78, 5) is 17.3. The summed E-state index contributed by atoms with van der Waals surface area (Å²) < 4.78 is 0. The molecule has 0 aliphatic carbocycles. The van der Waals surface area contributed by atoms with Crippen molar-refractivity contribution in [2.45, 2.75) is 13.1 Å². The third-order valence-corrected chi connectivity index (χ3v) is 2.86. The standard InChI is InChI=1S/C15H16N2O2/c1-17(10-12-5-4-8-16-9-12)11-13-6-2-3-7-14(13)15(18)19/h2-9H,10-11H2,1H3,(H,18,19). The van der Waals surface area contributed by atoms with Gasteiger partial charge in [0.2, 0.25) is 0 Å². The van der Waals surface area contributed by atoms with Crippen LogP contribution in [0.1, 0.15) is 21.5 Å². The zero-order valence-corrected chi connectivity index (χ0v) is 10.8. The predicted molar refractivity (Wildman–Crippen MR) is 72.8 cm³/mol. The van der Waals surface area contributed by atoms with Crippen molar-refractivity contribution in [3.8, 4) is 0 Å². The fraction of sp³-hybridized carbons (Fsp3) is 0.200. The van der Waals surface area contributed by atoms with E-state index < -0.39 is 5.97 Å². The lowest BCUT2D eigenvalue weighted by atomic mass is 10.1. The number of hydrogen-bond donors (Lipinski definition) is 1. The Hall–Kier alpha value is -2.20. The molecule has 19 heavy (non-hydrogen) atoms. The van der Waals surface area contributed by atoms with E-state index in [1.807, 2.05) is 37.5 Å². The van der Waals surface area contributed by atoms with Gasteiger partial charge in [-0.3, -0.25) is 9.88 Å². The first-order chi connectivity index (χ1) is 9.16. The molecule has 0 atom stereocenters. The number of aromatic carboxylic acids is 1. The van der Waals surface area contributed by atoms with Crippen LogP contribution in [0.5, 0.6) is 0 Å². The molecule has 0 bridgehead atoms. The number of carboxylic acid groups (broad SMARTS) is 1. The molecular weight excluding hydrogens is 240 g/mol. The first kappa shape index (κ1) is 13.2. The van der Waals surface area contributed by atoms with Gasteiger partial charge < -0.3 is 5.11 Å². The maximum Gasteiger partial charge on any atom is 0.336 e. The Kier molecular flexibility index (Phi) is 4.26. The van der Waals surface area contributed by atoms with Crippen LogP contribution < -0.4 is 0 Å². The summed E-state index contributed by atoms with van der Waals surface area (Å²) in [5, 5.41) is 9.14. The van der Waals surface area contributed by atoms with Gasteiger partial charge in [-0.2, -0.15) is 0 Å². The Morgan fingerprint density at radius 1 is 1.21 bits per heavy atom. The van der Waals surface area contributed by atoms with E-state index in [0.717, 1.165) is 17.7 Å². The molecule has 0 aliphatic heterocycles. The molecule has 0 saturated carbocycles. The monoisotopic (exact) mass is 256 g/mol. The highest BCUT2D eigenvalue weighted by Gasteiger charge is 2.10. The summed E-state index contributed by atoms with van der Waals surface area (Å²) in [5.74, 6) is -0.884. The van der Waals surface area contributed by atoms with Gasteiger partial charge in [-0.05, 0) is 30.3 Å². The average Bonchev–Trinajstić information content (AvgIpc) is 2.40. The van der Waals surface area contributed by atoms with Gasteiger partial charge in [0.1, 0.15) is 0 Å². The Morgan fingerprint density at radius 3 is 2.68 bits per heavy atom. The second kappa shape index (κ2) is 6.11. The van der Waals surface area contributed by atoms with E-state index in [1.165, 1.54) is 0 Å². The van der Waals surface area contributed by atoms with Crippen LogP contribution in [0.4, 0.5) is 0 Å². The van der Waals surface area contributed by atoms with Gasteiger partial charge in [-0.25, -0.2) is 4.79 Å². The van der Waals surface area contributed by atoms with Crippen molar-refractivity contribution in [2.24, 2.45) is 0 Å². The van der Waals surface area contributed by atoms with Crippen LogP contribution in [-0.4, -0.2) is 28.0 Å². The van der Waals surface area contributed by atoms with Crippen molar-refractivity contribution in [3.63, 3.8) is 0 Å². The van der Waals surface area contributed by atoms with Gasteiger partial charge >= 0.3 is 5.97 Å². The molecule has 1 N–H and O–H groups in total. The number of aromatic nitrogens is 1. The minimum atomic E-state index is -0.884. The average molecular weight is 256 g/mol. The molecule has 1 aromatic heterocycles. The minimum Gasteiger partial charge on any atom is -0.478 e. The Morgan fingerprint density at radius 2 is 2.00 bits per heavy atom. The first-order valence-corrected chi connectivity index (χ1v) is 6.05. The van der Waals surface area contributed by atoms with E-state index in [9.17, 15) is 4.79 Å². The van der Waals surface area contributed by atoms with Crippen molar-refractivity contribution in [1.82, 2.24) is 9.88 Å². The van der Waals surface area contributed by atoms with E-state index >= 15 is 0 Å². The molecule has 0 saturated heterocycles. The topological polar surface area (TPSA) is 53.4 Å². The smallest absolute Gasteiger partial charge is 0.336 e. The summed E-state index contributed by atoms with van der Waals surface area (Å²) in [7, 11) is 1.96. The van der Waals surface area contributed by atoms with Gasteiger partial charge in [0.05, 0.1) is 5.56 Å². The van der Waals surface area contributed by atoms with Gasteiger partial charge in [0.15, 0.2) is 0 Å². The minimum absolute atomic E-state index is 0.362. The van der Waals surface area contributed by atoms with Crippen LogP contribution in [0, 0.1) is 0 Å². The lowest BCUT2D eigenvalue weighted by Gasteiger charge is -2.17. The molecular formula is C15H16N2O2. The fourth-order valence-corrected chi connectivity index (χ4v) is 2.02. The quantitative estimate of drug-likeness (QED) is 0.892. The number of hydrogen-bond acceptors (Lipinski definition) is 3. The maximum absolute atomic E-state index is 11.1. The molecule has 4 nitrogen and oxygen atoms in total. The normalized spacial score (nSPS) is 10.6. The summed E-state index contributed by atoms with van der Waals surface area (Å²) in [5.41, 5.74) is 2.29. The lowest BCUT2D eigenvalue weighted by Crippen LogP contribution is -2.19. The Labute approximate surface area is 112 Å². The second-order valence-electron chi connectivity index (χ2n) is 4.50. The third kappa shape index (κ3) is 3.63. The number of carboxylic acids is 1. The Balaban J connectivity index is 2.07. The lowest BCUT2D eigenvalue weighted by molar-refractivity contribution is 0.0694. The molecule has 0 fully saturated rings. The number of nitrogens with zero attached hydrogens (tertiary/aromatic N) is 2. The predicted octanol–water partition coefficient (Wildman–Crippen LogP) is 2.41. The molecule has 0 radical (unpaired) electrons. The zero-order chi connectivity index (χ0) is 13.7. The Bertz CT molecular complexity index is 555. The molecule has 1 aromatic carbocycles. The summed E-state index contributed by atoms with van der Waals surface area (Å²) >= 11 is 0. The van der Waals surface area contributed by atoms with Crippen LogP contribution in [0.3, 0.4) is 0 Å². The van der Waals surface area contributed by atoms with Gasteiger partial charge in [-0.15, -0.1) is 0 Å². The molecule has 0 amide bonds. The largest absolute Gasteiger partial charge is 0.478 e. The van der Waals surface area contributed by atoms with Gasteiger partial charge in [-0.1, -0.05) is 24.3 Å². The molecule has 2 rings (SSSR count).